The zero-order chi connectivity index (χ0) is 16.5. The lowest BCUT2D eigenvalue weighted by molar-refractivity contribution is -0.127. The van der Waals surface area contributed by atoms with Gasteiger partial charge >= 0.3 is 0 Å². The molecule has 3 aliphatic rings. The van der Waals surface area contributed by atoms with Crippen LogP contribution in [0.2, 0.25) is 0 Å². The molecule has 1 aromatic rings. The number of carbonyl (C=O) groups excluding carboxylic acids is 1. The smallest absolute Gasteiger partial charge is 0.225 e. The second kappa shape index (κ2) is 6.69. The minimum Gasteiger partial charge on any atom is -0.378 e. The quantitative estimate of drug-likeness (QED) is 0.858. The SMILES string of the molecule is NC1C2CCC(C2)C1C(=O)NCc1ccc(N2CCOCC2)nc1. The number of anilines is 1. The Balaban J connectivity index is 1.32. The molecule has 3 fully saturated rings. The molecule has 2 aliphatic carbocycles. The van der Waals surface area contributed by atoms with E-state index in [4.69, 9.17) is 10.5 Å². The number of ether oxygens (including phenoxy) is 1. The molecule has 1 aliphatic heterocycles. The fraction of sp³-hybridized carbons (Fsp3) is 0.667. The lowest BCUT2D eigenvalue weighted by Gasteiger charge is -2.28. The number of rotatable bonds is 4. The number of nitrogens with two attached hydrogens (primary N) is 1. The van der Waals surface area contributed by atoms with E-state index in [9.17, 15) is 4.79 Å². The summed E-state index contributed by atoms with van der Waals surface area (Å²) in [4.78, 5) is 19.2. The summed E-state index contributed by atoms with van der Waals surface area (Å²) >= 11 is 0. The van der Waals surface area contributed by atoms with Gasteiger partial charge in [0.25, 0.3) is 0 Å². The van der Waals surface area contributed by atoms with Gasteiger partial charge in [-0.2, -0.15) is 0 Å². The first kappa shape index (κ1) is 15.8. The van der Waals surface area contributed by atoms with Crippen LogP contribution in [0, 0.1) is 17.8 Å². The van der Waals surface area contributed by atoms with Gasteiger partial charge in [0.05, 0.1) is 19.1 Å². The summed E-state index contributed by atoms with van der Waals surface area (Å²) in [7, 11) is 0. The number of nitrogens with zero attached hydrogens (tertiary/aromatic N) is 2. The van der Waals surface area contributed by atoms with E-state index < -0.39 is 0 Å². The number of amides is 1. The van der Waals surface area contributed by atoms with Crippen molar-refractivity contribution in [2.24, 2.45) is 23.5 Å². The van der Waals surface area contributed by atoms with Gasteiger partial charge in [0.15, 0.2) is 0 Å². The summed E-state index contributed by atoms with van der Waals surface area (Å²) in [6, 6.07) is 4.11. The second-order valence-corrected chi connectivity index (χ2v) is 7.28. The van der Waals surface area contributed by atoms with Crippen LogP contribution in [0.15, 0.2) is 18.3 Å². The van der Waals surface area contributed by atoms with Crippen molar-refractivity contribution in [1.29, 1.82) is 0 Å². The van der Waals surface area contributed by atoms with Crippen molar-refractivity contribution in [2.45, 2.75) is 31.8 Å². The Morgan fingerprint density at radius 3 is 2.75 bits per heavy atom. The van der Waals surface area contributed by atoms with Crippen LogP contribution in [0.1, 0.15) is 24.8 Å². The Bertz CT molecular complexity index is 583. The molecule has 3 N–H and O–H groups in total. The number of hydrogen-bond donors (Lipinski definition) is 2. The summed E-state index contributed by atoms with van der Waals surface area (Å²) in [5, 5.41) is 3.06. The molecule has 6 nitrogen and oxygen atoms in total. The molecule has 1 saturated heterocycles. The lowest BCUT2D eigenvalue weighted by Crippen LogP contribution is -2.45. The van der Waals surface area contributed by atoms with Gasteiger partial charge in [-0.05, 0) is 42.7 Å². The third kappa shape index (κ3) is 3.00. The van der Waals surface area contributed by atoms with Crippen molar-refractivity contribution in [1.82, 2.24) is 10.3 Å². The van der Waals surface area contributed by atoms with E-state index in [0.29, 0.717) is 18.4 Å². The highest BCUT2D eigenvalue weighted by molar-refractivity contribution is 5.80. The van der Waals surface area contributed by atoms with Crippen molar-refractivity contribution < 1.29 is 9.53 Å². The van der Waals surface area contributed by atoms with Gasteiger partial charge in [-0.25, -0.2) is 4.98 Å². The van der Waals surface area contributed by atoms with E-state index in [1.807, 2.05) is 18.3 Å². The normalized spacial score (nSPS) is 32.1. The molecule has 0 aromatic carbocycles. The number of fused-ring (bicyclic) bond motifs is 2. The first-order valence-corrected chi connectivity index (χ1v) is 9.03. The Kier molecular flexibility index (Phi) is 4.41. The first-order valence-electron chi connectivity index (χ1n) is 9.03. The highest BCUT2D eigenvalue weighted by atomic mass is 16.5. The number of pyridine rings is 1. The third-order valence-corrected chi connectivity index (χ3v) is 5.89. The Morgan fingerprint density at radius 1 is 1.29 bits per heavy atom. The van der Waals surface area contributed by atoms with Gasteiger partial charge in [0, 0.05) is 31.9 Å². The summed E-state index contributed by atoms with van der Waals surface area (Å²) in [6.45, 7) is 3.79. The largest absolute Gasteiger partial charge is 0.378 e. The predicted molar refractivity (Wildman–Crippen MR) is 91.4 cm³/mol. The molecule has 0 spiro atoms. The molecular formula is C18H26N4O2. The topological polar surface area (TPSA) is 80.5 Å². The molecule has 1 amide bonds. The van der Waals surface area contributed by atoms with Crippen LogP contribution in [-0.4, -0.2) is 43.2 Å². The molecular weight excluding hydrogens is 304 g/mol. The Morgan fingerprint density at radius 2 is 2.08 bits per heavy atom. The van der Waals surface area contributed by atoms with Crippen molar-refractivity contribution in [2.75, 3.05) is 31.2 Å². The second-order valence-electron chi connectivity index (χ2n) is 7.28. The molecule has 130 valence electrons. The van der Waals surface area contributed by atoms with Gasteiger partial charge in [-0.3, -0.25) is 4.79 Å². The lowest BCUT2D eigenvalue weighted by atomic mass is 9.84. The van der Waals surface area contributed by atoms with Crippen LogP contribution in [0.3, 0.4) is 0 Å². The van der Waals surface area contributed by atoms with Crippen LogP contribution in [-0.2, 0) is 16.1 Å². The van der Waals surface area contributed by atoms with Crippen LogP contribution in [0.4, 0.5) is 5.82 Å². The van der Waals surface area contributed by atoms with E-state index in [-0.39, 0.29) is 17.9 Å². The number of nitrogens with one attached hydrogen (secondary N) is 1. The van der Waals surface area contributed by atoms with Crippen molar-refractivity contribution in [3.63, 3.8) is 0 Å². The van der Waals surface area contributed by atoms with Crippen LogP contribution in [0.5, 0.6) is 0 Å². The minimum absolute atomic E-state index is 0.00401. The molecule has 4 rings (SSSR count). The van der Waals surface area contributed by atoms with Gasteiger partial charge in [-0.15, -0.1) is 0 Å². The highest BCUT2D eigenvalue weighted by Gasteiger charge is 2.48. The van der Waals surface area contributed by atoms with E-state index in [2.05, 4.69) is 15.2 Å². The molecule has 6 heteroatoms. The minimum atomic E-state index is 0.00401. The van der Waals surface area contributed by atoms with Crippen LogP contribution >= 0.6 is 0 Å². The van der Waals surface area contributed by atoms with Gasteiger partial charge in [-0.1, -0.05) is 6.07 Å². The molecule has 4 atom stereocenters. The zero-order valence-corrected chi connectivity index (χ0v) is 14.0. The molecule has 4 unspecified atom stereocenters. The van der Waals surface area contributed by atoms with Crippen LogP contribution < -0.4 is 16.0 Å². The third-order valence-electron chi connectivity index (χ3n) is 5.89. The Hall–Kier alpha value is -1.66. The maximum absolute atomic E-state index is 12.5. The van der Waals surface area contributed by atoms with E-state index in [1.165, 1.54) is 6.42 Å². The van der Waals surface area contributed by atoms with Crippen molar-refractivity contribution in [3.05, 3.63) is 23.9 Å². The molecule has 2 heterocycles. The molecule has 2 bridgehead atoms. The van der Waals surface area contributed by atoms with Gasteiger partial charge in [0.1, 0.15) is 5.82 Å². The fourth-order valence-electron chi connectivity index (χ4n) is 4.53. The summed E-state index contributed by atoms with van der Waals surface area (Å²) in [5.41, 5.74) is 7.27. The number of hydrogen-bond acceptors (Lipinski definition) is 5. The van der Waals surface area contributed by atoms with Gasteiger partial charge < -0.3 is 20.7 Å². The predicted octanol–water partition coefficient (Wildman–Crippen LogP) is 0.908. The maximum atomic E-state index is 12.5. The summed E-state index contributed by atoms with van der Waals surface area (Å²) in [5.74, 6) is 2.15. The van der Waals surface area contributed by atoms with Crippen molar-refractivity contribution >= 4 is 11.7 Å². The average Bonchev–Trinajstić information content (AvgIpc) is 3.22. The highest BCUT2D eigenvalue weighted by Crippen LogP contribution is 2.47. The van der Waals surface area contributed by atoms with E-state index in [1.54, 1.807) is 0 Å². The molecule has 24 heavy (non-hydrogen) atoms. The average molecular weight is 330 g/mol. The van der Waals surface area contributed by atoms with E-state index >= 15 is 0 Å². The molecule has 2 saturated carbocycles. The first-order chi connectivity index (χ1) is 11.7. The summed E-state index contributed by atoms with van der Waals surface area (Å²) < 4.78 is 5.36. The zero-order valence-electron chi connectivity index (χ0n) is 14.0. The standard InChI is InChI=1S/C18H26N4O2/c19-17-14-3-2-13(9-14)16(17)18(23)21-11-12-1-4-15(20-10-12)22-5-7-24-8-6-22/h1,4,10,13-14,16-17H,2-3,5-9,11,19H2,(H,21,23). The maximum Gasteiger partial charge on any atom is 0.225 e. The monoisotopic (exact) mass is 330 g/mol. The van der Waals surface area contributed by atoms with Crippen LogP contribution in [0.25, 0.3) is 0 Å². The number of morpholine rings is 1. The Labute approximate surface area is 142 Å². The molecule has 1 aromatic heterocycles. The van der Waals surface area contributed by atoms with Gasteiger partial charge in [0.2, 0.25) is 5.91 Å². The van der Waals surface area contributed by atoms with E-state index in [0.717, 1.165) is 50.5 Å². The van der Waals surface area contributed by atoms with Crippen molar-refractivity contribution in [3.8, 4) is 0 Å². The molecule has 0 radical (unpaired) electrons. The summed E-state index contributed by atoms with van der Waals surface area (Å²) in [6.07, 6.45) is 5.34. The fourth-order valence-corrected chi connectivity index (χ4v) is 4.53. The number of aromatic nitrogens is 1. The number of carbonyl (C=O) groups is 1.